The van der Waals surface area contributed by atoms with Crippen molar-refractivity contribution in [3.63, 3.8) is 0 Å². The molecule has 1 rings (SSSR count). The second-order valence-corrected chi connectivity index (χ2v) is 7.19. The molecule has 1 N–H and O–H groups in total. The Morgan fingerprint density at radius 3 is 2.72 bits per heavy atom. The predicted octanol–water partition coefficient (Wildman–Crippen LogP) is -1.59. The maximum absolute atomic E-state index is 11.0. The average Bonchev–Trinajstić information content (AvgIpc) is 2.24. The first-order valence-corrected chi connectivity index (χ1v) is 7.80. The summed E-state index contributed by atoms with van der Waals surface area (Å²) in [5.41, 5.74) is 0. The summed E-state index contributed by atoms with van der Waals surface area (Å²) in [5, 5.41) is -1.84. The van der Waals surface area contributed by atoms with E-state index in [2.05, 4.69) is 4.98 Å². The van der Waals surface area contributed by atoms with Crippen LogP contribution >= 0.6 is 15.6 Å². The Bertz CT molecular complexity index is 489. The largest absolute Gasteiger partial charge is 0.775 e. The molecule has 0 aliphatic rings. The standard InChI is InChI=1S/C8H13N3O5P2/c1-10(2)7-5-11(4-3-9-7)6-8(17(12)13)18(14,15)16/h3-5,8H,6H2,1-2H3,(H-,14,15,16). The van der Waals surface area contributed by atoms with Crippen LogP contribution in [0.3, 0.4) is 0 Å². The van der Waals surface area contributed by atoms with Gasteiger partial charge in [0.05, 0.1) is 6.20 Å². The highest BCUT2D eigenvalue weighted by molar-refractivity contribution is 7.64. The lowest BCUT2D eigenvalue weighted by Gasteiger charge is -2.18. The minimum atomic E-state index is -4.94. The van der Waals surface area contributed by atoms with Gasteiger partial charge in [0.2, 0.25) is 12.7 Å². The van der Waals surface area contributed by atoms with Crippen molar-refractivity contribution in [3.8, 4) is 0 Å². The van der Waals surface area contributed by atoms with E-state index in [4.69, 9.17) is 4.89 Å². The van der Waals surface area contributed by atoms with Crippen LogP contribution in [0.5, 0.6) is 0 Å². The molecule has 10 heteroatoms. The van der Waals surface area contributed by atoms with Crippen LogP contribution in [0.15, 0.2) is 18.6 Å². The summed E-state index contributed by atoms with van der Waals surface area (Å²) >= 11 is 0. The third-order valence-electron chi connectivity index (χ3n) is 2.20. The number of aromatic nitrogens is 2. The second kappa shape index (κ2) is 5.82. The molecule has 0 aliphatic carbocycles. The number of hydrogen-bond acceptors (Lipinski definition) is 6. The number of nitrogens with zero attached hydrogens (tertiary/aromatic N) is 3. The molecule has 18 heavy (non-hydrogen) atoms. The van der Waals surface area contributed by atoms with Crippen LogP contribution in [0.1, 0.15) is 0 Å². The quantitative estimate of drug-likeness (QED) is 0.513. The molecule has 3 atom stereocenters. The zero-order valence-corrected chi connectivity index (χ0v) is 11.6. The lowest BCUT2D eigenvalue weighted by atomic mass is 10.5. The first kappa shape index (κ1) is 15.1. The fourth-order valence-corrected chi connectivity index (χ4v) is 2.91. The van der Waals surface area contributed by atoms with E-state index in [-0.39, 0.29) is 6.54 Å². The number of hydrogen-bond donors (Lipinski definition) is 1. The molecule has 0 radical (unpaired) electrons. The smallest absolute Gasteiger partial charge is 0.328 e. The van der Waals surface area contributed by atoms with Crippen molar-refractivity contribution in [3.05, 3.63) is 18.6 Å². The van der Waals surface area contributed by atoms with E-state index in [1.54, 1.807) is 19.0 Å². The van der Waals surface area contributed by atoms with Crippen molar-refractivity contribution in [1.82, 2.24) is 4.98 Å². The summed E-state index contributed by atoms with van der Waals surface area (Å²) in [6.45, 7) is -0.376. The second-order valence-electron chi connectivity index (χ2n) is 3.84. The summed E-state index contributed by atoms with van der Waals surface area (Å²) in [6, 6.07) is 0. The Hall–Kier alpha value is -0.910. The van der Waals surface area contributed by atoms with Gasteiger partial charge in [-0.05, 0) is 0 Å². The molecule has 0 fully saturated rings. The molecule has 1 aromatic rings. The molecule has 0 amide bonds. The van der Waals surface area contributed by atoms with Gasteiger partial charge >= 0.3 is 8.03 Å². The average molecular weight is 293 g/mol. The van der Waals surface area contributed by atoms with Crippen molar-refractivity contribution in [2.75, 3.05) is 19.0 Å². The molecule has 0 saturated carbocycles. The van der Waals surface area contributed by atoms with Gasteiger partial charge in [-0.1, -0.05) is 4.57 Å². The van der Waals surface area contributed by atoms with Gasteiger partial charge in [0.1, 0.15) is 0 Å². The van der Waals surface area contributed by atoms with E-state index in [1.165, 1.54) is 23.2 Å². The molecule has 1 aromatic heterocycles. The summed E-state index contributed by atoms with van der Waals surface area (Å²) in [4.78, 5) is 36.3. The Balaban J connectivity index is 2.98. The summed E-state index contributed by atoms with van der Waals surface area (Å²) < 4.78 is 23.1. The Morgan fingerprint density at radius 1 is 1.67 bits per heavy atom. The summed E-state index contributed by atoms with van der Waals surface area (Å²) in [5.74, 6) is 0.538. The SMILES string of the molecule is CN(C)c1c[n+](CC([P+](=O)[O-])P(=O)([O-])O)ccn1. The van der Waals surface area contributed by atoms with Crippen LogP contribution in [0.25, 0.3) is 0 Å². The molecule has 0 aliphatic heterocycles. The maximum Gasteiger partial charge on any atom is 0.328 e. The van der Waals surface area contributed by atoms with E-state index in [0.29, 0.717) is 5.82 Å². The third kappa shape index (κ3) is 4.08. The molecular weight excluding hydrogens is 280 g/mol. The monoisotopic (exact) mass is 293 g/mol. The Kier molecular flexibility index (Phi) is 4.90. The van der Waals surface area contributed by atoms with Gasteiger partial charge in [-0.15, -0.1) is 0 Å². The fourth-order valence-electron chi connectivity index (χ4n) is 1.24. The molecule has 0 saturated heterocycles. The topological polar surface area (TPSA) is 120 Å². The van der Waals surface area contributed by atoms with E-state index in [1.807, 2.05) is 0 Å². The first-order chi connectivity index (χ1) is 8.21. The first-order valence-electron chi connectivity index (χ1n) is 4.91. The lowest BCUT2D eigenvalue weighted by molar-refractivity contribution is -0.694. The van der Waals surface area contributed by atoms with Crippen LogP contribution in [0.2, 0.25) is 0 Å². The fraction of sp³-hybridized carbons (Fsp3) is 0.500. The molecule has 3 unspecified atom stereocenters. The zero-order valence-electron chi connectivity index (χ0n) is 9.83. The van der Waals surface area contributed by atoms with E-state index < -0.39 is 21.0 Å². The maximum atomic E-state index is 11.0. The number of rotatable bonds is 5. The molecule has 1 heterocycles. The van der Waals surface area contributed by atoms with Gasteiger partial charge in [0.25, 0.3) is 5.40 Å². The number of anilines is 1. The van der Waals surface area contributed by atoms with Crippen LogP contribution in [-0.2, 0) is 15.7 Å². The van der Waals surface area contributed by atoms with Crippen molar-refractivity contribution in [2.45, 2.75) is 11.9 Å². The van der Waals surface area contributed by atoms with Crippen LogP contribution in [-0.4, -0.2) is 29.4 Å². The predicted molar refractivity (Wildman–Crippen MR) is 60.0 cm³/mol. The van der Waals surface area contributed by atoms with E-state index in [0.717, 1.165) is 0 Å². The highest BCUT2D eigenvalue weighted by Gasteiger charge is 2.36. The van der Waals surface area contributed by atoms with Crippen molar-refractivity contribution < 1.29 is 28.4 Å². The zero-order chi connectivity index (χ0) is 13.9. The Labute approximate surface area is 105 Å². The van der Waals surface area contributed by atoms with Gasteiger partial charge in [-0.25, -0.2) is 4.98 Å². The molecule has 0 bridgehead atoms. The van der Waals surface area contributed by atoms with Crippen LogP contribution in [0.4, 0.5) is 5.82 Å². The van der Waals surface area contributed by atoms with Crippen LogP contribution in [0, 0.1) is 0 Å². The van der Waals surface area contributed by atoms with Gasteiger partial charge in [0, 0.05) is 14.1 Å². The van der Waals surface area contributed by atoms with Gasteiger partial charge in [-0.2, -0.15) is 4.57 Å². The van der Waals surface area contributed by atoms with Crippen molar-refractivity contribution in [2.24, 2.45) is 0 Å². The molecule has 0 spiro atoms. The Morgan fingerprint density at radius 2 is 2.28 bits per heavy atom. The summed E-state index contributed by atoms with van der Waals surface area (Å²) in [6.07, 6.45) is 4.33. The lowest BCUT2D eigenvalue weighted by Crippen LogP contribution is -2.41. The molecule has 8 nitrogen and oxygen atoms in total. The third-order valence-corrected chi connectivity index (χ3v) is 5.21. The normalized spacial score (nSPS) is 16.8. The highest BCUT2D eigenvalue weighted by Crippen LogP contribution is 2.46. The van der Waals surface area contributed by atoms with E-state index >= 15 is 0 Å². The van der Waals surface area contributed by atoms with Crippen LogP contribution < -0.4 is 19.3 Å². The van der Waals surface area contributed by atoms with E-state index in [9.17, 15) is 18.9 Å². The highest BCUT2D eigenvalue weighted by atomic mass is 31.2. The van der Waals surface area contributed by atoms with Crippen molar-refractivity contribution >= 4 is 21.4 Å². The van der Waals surface area contributed by atoms with Gasteiger partial charge in [-0.3, -0.25) is 0 Å². The molecular formula is C8H13N3O5P2. The minimum Gasteiger partial charge on any atom is -0.775 e. The van der Waals surface area contributed by atoms with Crippen molar-refractivity contribution in [1.29, 1.82) is 0 Å². The molecule has 100 valence electrons. The summed E-state index contributed by atoms with van der Waals surface area (Å²) in [7, 11) is -4.74. The van der Waals surface area contributed by atoms with Gasteiger partial charge < -0.3 is 24.1 Å². The van der Waals surface area contributed by atoms with Gasteiger partial charge in [0.15, 0.2) is 19.6 Å². The minimum absolute atomic E-state index is 0.376. The molecule has 0 aromatic carbocycles.